The Morgan fingerprint density at radius 2 is 2.15 bits per heavy atom. The van der Waals surface area contributed by atoms with E-state index < -0.39 is 0 Å². The highest BCUT2D eigenvalue weighted by Crippen LogP contribution is 2.18. The van der Waals surface area contributed by atoms with Gasteiger partial charge in [-0.05, 0) is 30.5 Å². The van der Waals surface area contributed by atoms with Crippen molar-refractivity contribution in [2.45, 2.75) is 32.7 Å². The van der Waals surface area contributed by atoms with E-state index in [0.717, 1.165) is 18.4 Å². The summed E-state index contributed by atoms with van der Waals surface area (Å²) in [4.78, 5) is 0. The molecule has 1 aromatic rings. The molecule has 0 bridgehead atoms. The van der Waals surface area contributed by atoms with Crippen molar-refractivity contribution in [2.24, 2.45) is 5.73 Å². The molecule has 0 saturated carbocycles. The van der Waals surface area contributed by atoms with Gasteiger partial charge < -0.3 is 5.73 Å². The summed E-state index contributed by atoms with van der Waals surface area (Å²) in [5, 5.41) is 0. The lowest BCUT2D eigenvalue weighted by atomic mass is 10.0. The van der Waals surface area contributed by atoms with Gasteiger partial charge in [-0.2, -0.15) is 0 Å². The quantitative estimate of drug-likeness (QED) is 0.762. The highest BCUT2D eigenvalue weighted by molar-refractivity contribution is 5.26. The zero-order chi connectivity index (χ0) is 9.84. The van der Waals surface area contributed by atoms with Gasteiger partial charge >= 0.3 is 0 Å². The van der Waals surface area contributed by atoms with Crippen molar-refractivity contribution in [1.82, 2.24) is 0 Å². The standard InChI is InChI=1S/C11H16FN/c1-3-4-11(13)9-5-6-10(12)8(2)7-9/h5-7,11H,3-4,13H2,1-2H3. The van der Waals surface area contributed by atoms with Crippen LogP contribution in [0.4, 0.5) is 4.39 Å². The molecule has 0 spiro atoms. The van der Waals surface area contributed by atoms with E-state index in [9.17, 15) is 4.39 Å². The first-order chi connectivity index (χ1) is 6.15. The van der Waals surface area contributed by atoms with Crippen molar-refractivity contribution in [3.63, 3.8) is 0 Å². The minimum absolute atomic E-state index is 0.0456. The topological polar surface area (TPSA) is 26.0 Å². The van der Waals surface area contributed by atoms with E-state index in [0.29, 0.717) is 5.56 Å². The van der Waals surface area contributed by atoms with Crippen LogP contribution in [0.15, 0.2) is 18.2 Å². The average Bonchev–Trinajstić information content (AvgIpc) is 2.10. The largest absolute Gasteiger partial charge is 0.324 e. The number of aryl methyl sites for hydroxylation is 1. The van der Waals surface area contributed by atoms with Crippen LogP contribution in [0.25, 0.3) is 0 Å². The molecule has 0 heterocycles. The minimum Gasteiger partial charge on any atom is -0.324 e. The van der Waals surface area contributed by atoms with Crippen LogP contribution < -0.4 is 5.73 Å². The molecule has 1 aromatic carbocycles. The van der Waals surface area contributed by atoms with E-state index >= 15 is 0 Å². The molecule has 72 valence electrons. The number of hydrogen-bond acceptors (Lipinski definition) is 1. The Bertz CT molecular complexity index is 283. The predicted molar refractivity (Wildman–Crippen MR) is 53.0 cm³/mol. The maximum absolute atomic E-state index is 12.9. The van der Waals surface area contributed by atoms with Gasteiger partial charge in [-0.15, -0.1) is 0 Å². The van der Waals surface area contributed by atoms with Gasteiger partial charge in [0, 0.05) is 6.04 Å². The third-order valence-corrected chi connectivity index (χ3v) is 2.21. The fourth-order valence-corrected chi connectivity index (χ4v) is 1.38. The third-order valence-electron chi connectivity index (χ3n) is 2.21. The molecule has 0 aliphatic heterocycles. The van der Waals surface area contributed by atoms with Crippen molar-refractivity contribution in [1.29, 1.82) is 0 Å². The highest BCUT2D eigenvalue weighted by Gasteiger charge is 2.06. The molecule has 2 heteroatoms. The number of nitrogens with two attached hydrogens (primary N) is 1. The summed E-state index contributed by atoms with van der Waals surface area (Å²) < 4.78 is 12.9. The molecular weight excluding hydrogens is 165 g/mol. The number of hydrogen-bond donors (Lipinski definition) is 1. The molecule has 0 amide bonds. The molecule has 2 N–H and O–H groups in total. The van der Waals surface area contributed by atoms with Gasteiger partial charge in [-0.1, -0.05) is 25.5 Å². The molecule has 1 unspecified atom stereocenters. The Hall–Kier alpha value is -0.890. The van der Waals surface area contributed by atoms with E-state index in [4.69, 9.17) is 5.73 Å². The van der Waals surface area contributed by atoms with Gasteiger partial charge in [-0.3, -0.25) is 0 Å². The number of benzene rings is 1. The second kappa shape index (κ2) is 4.38. The van der Waals surface area contributed by atoms with Crippen molar-refractivity contribution < 1.29 is 4.39 Å². The molecule has 0 fully saturated rings. The number of halogens is 1. The van der Waals surface area contributed by atoms with Crippen molar-refractivity contribution in [3.8, 4) is 0 Å². The zero-order valence-corrected chi connectivity index (χ0v) is 8.18. The molecular formula is C11H16FN. The SMILES string of the molecule is CCCC(N)c1ccc(F)c(C)c1. The Balaban J connectivity index is 2.84. The lowest BCUT2D eigenvalue weighted by molar-refractivity contribution is 0.608. The molecule has 1 rings (SSSR count). The summed E-state index contributed by atoms with van der Waals surface area (Å²) >= 11 is 0. The van der Waals surface area contributed by atoms with Crippen LogP contribution in [0.2, 0.25) is 0 Å². The Labute approximate surface area is 78.8 Å². The van der Waals surface area contributed by atoms with Gasteiger partial charge in [0.2, 0.25) is 0 Å². The fraction of sp³-hybridized carbons (Fsp3) is 0.455. The summed E-state index contributed by atoms with van der Waals surface area (Å²) in [5.74, 6) is -0.160. The van der Waals surface area contributed by atoms with Gasteiger partial charge in [0.05, 0.1) is 0 Å². The molecule has 0 radical (unpaired) electrons. The first kappa shape index (κ1) is 10.2. The van der Waals surface area contributed by atoms with E-state index in [1.54, 1.807) is 13.0 Å². The summed E-state index contributed by atoms with van der Waals surface area (Å²) in [5.41, 5.74) is 7.60. The van der Waals surface area contributed by atoms with Gasteiger partial charge in [0.25, 0.3) is 0 Å². The van der Waals surface area contributed by atoms with Crippen LogP contribution in [-0.2, 0) is 0 Å². The second-order valence-electron chi connectivity index (χ2n) is 3.40. The minimum atomic E-state index is -0.160. The summed E-state index contributed by atoms with van der Waals surface area (Å²) in [6, 6.07) is 5.13. The normalized spacial score (nSPS) is 12.9. The van der Waals surface area contributed by atoms with Crippen molar-refractivity contribution >= 4 is 0 Å². The Kier molecular flexibility index (Phi) is 3.43. The second-order valence-corrected chi connectivity index (χ2v) is 3.40. The van der Waals surface area contributed by atoms with Crippen molar-refractivity contribution in [2.75, 3.05) is 0 Å². The van der Waals surface area contributed by atoms with Gasteiger partial charge in [-0.25, -0.2) is 4.39 Å². The maximum Gasteiger partial charge on any atom is 0.126 e. The van der Waals surface area contributed by atoms with Crippen LogP contribution in [-0.4, -0.2) is 0 Å². The molecule has 0 saturated heterocycles. The van der Waals surface area contributed by atoms with Gasteiger partial charge in [0.1, 0.15) is 5.82 Å². The van der Waals surface area contributed by atoms with E-state index in [1.807, 2.05) is 6.07 Å². The van der Waals surface area contributed by atoms with Crippen LogP contribution in [0, 0.1) is 12.7 Å². The van der Waals surface area contributed by atoms with E-state index in [-0.39, 0.29) is 11.9 Å². The molecule has 0 aliphatic carbocycles. The Morgan fingerprint density at radius 1 is 1.46 bits per heavy atom. The average molecular weight is 181 g/mol. The first-order valence-electron chi connectivity index (χ1n) is 4.66. The lowest BCUT2D eigenvalue weighted by Crippen LogP contribution is -2.09. The lowest BCUT2D eigenvalue weighted by Gasteiger charge is -2.11. The van der Waals surface area contributed by atoms with Gasteiger partial charge in [0.15, 0.2) is 0 Å². The third kappa shape index (κ3) is 2.52. The predicted octanol–water partition coefficient (Wildman–Crippen LogP) is 2.93. The zero-order valence-electron chi connectivity index (χ0n) is 8.18. The van der Waals surface area contributed by atoms with Crippen LogP contribution in [0.3, 0.4) is 0 Å². The fourth-order valence-electron chi connectivity index (χ4n) is 1.38. The van der Waals surface area contributed by atoms with Crippen LogP contribution in [0.1, 0.15) is 36.9 Å². The molecule has 1 atom stereocenters. The number of rotatable bonds is 3. The monoisotopic (exact) mass is 181 g/mol. The van der Waals surface area contributed by atoms with Crippen molar-refractivity contribution in [3.05, 3.63) is 35.1 Å². The molecule has 0 aliphatic rings. The first-order valence-corrected chi connectivity index (χ1v) is 4.66. The summed E-state index contributed by atoms with van der Waals surface area (Å²) in [7, 11) is 0. The summed E-state index contributed by atoms with van der Waals surface area (Å²) in [6.07, 6.45) is 2.00. The Morgan fingerprint density at radius 3 is 2.69 bits per heavy atom. The highest BCUT2D eigenvalue weighted by atomic mass is 19.1. The van der Waals surface area contributed by atoms with Crippen LogP contribution >= 0.6 is 0 Å². The van der Waals surface area contributed by atoms with E-state index in [1.165, 1.54) is 6.07 Å². The van der Waals surface area contributed by atoms with Crippen LogP contribution in [0.5, 0.6) is 0 Å². The molecule has 0 aromatic heterocycles. The van der Waals surface area contributed by atoms with E-state index in [2.05, 4.69) is 6.92 Å². The molecule has 1 nitrogen and oxygen atoms in total. The maximum atomic E-state index is 12.9. The summed E-state index contributed by atoms with van der Waals surface area (Å²) in [6.45, 7) is 3.85. The smallest absolute Gasteiger partial charge is 0.126 e. The molecule has 13 heavy (non-hydrogen) atoms.